The minimum atomic E-state index is -0.541. The Labute approximate surface area is 107 Å². The molecule has 1 aromatic heterocycles. The number of aryl methyl sites for hydroxylation is 1. The summed E-state index contributed by atoms with van der Waals surface area (Å²) in [4.78, 5) is 12.1. The third-order valence-electron chi connectivity index (χ3n) is 2.51. The summed E-state index contributed by atoms with van der Waals surface area (Å²) in [6.45, 7) is 1.88. The third-order valence-corrected chi connectivity index (χ3v) is 3.12. The molecule has 1 heterocycles. The first-order chi connectivity index (χ1) is 8.15. The van der Waals surface area contributed by atoms with Crippen molar-refractivity contribution in [2.24, 2.45) is 0 Å². The summed E-state index contributed by atoms with van der Waals surface area (Å²) in [6.07, 6.45) is 2.05. The Morgan fingerprint density at radius 3 is 2.82 bits per heavy atom. The third kappa shape index (κ3) is 2.17. The lowest BCUT2D eigenvalue weighted by Crippen LogP contribution is -2.05. The lowest BCUT2D eigenvalue weighted by Gasteiger charge is -2.03. The molecule has 0 bridgehead atoms. The number of rotatable bonds is 3. The summed E-state index contributed by atoms with van der Waals surface area (Å²) in [5.41, 5.74) is 0.472. The van der Waals surface area contributed by atoms with Crippen molar-refractivity contribution in [3.63, 3.8) is 0 Å². The van der Waals surface area contributed by atoms with Crippen molar-refractivity contribution in [3.05, 3.63) is 57.7 Å². The van der Waals surface area contributed by atoms with Crippen molar-refractivity contribution < 1.29 is 13.6 Å². The molecule has 0 spiro atoms. The van der Waals surface area contributed by atoms with Gasteiger partial charge in [0.15, 0.2) is 5.78 Å². The lowest BCUT2D eigenvalue weighted by molar-refractivity contribution is 0.103. The first-order valence-corrected chi connectivity index (χ1v) is 5.99. The van der Waals surface area contributed by atoms with E-state index in [2.05, 4.69) is 15.9 Å². The number of hydrogen-bond donors (Lipinski definition) is 0. The fourth-order valence-electron chi connectivity index (χ4n) is 1.64. The Kier molecular flexibility index (Phi) is 3.43. The van der Waals surface area contributed by atoms with Crippen LogP contribution in [-0.4, -0.2) is 5.78 Å². The maximum atomic E-state index is 13.8. The van der Waals surface area contributed by atoms with Gasteiger partial charge in [-0.2, -0.15) is 0 Å². The molecule has 1 aromatic carbocycles. The monoisotopic (exact) mass is 296 g/mol. The number of furan rings is 1. The summed E-state index contributed by atoms with van der Waals surface area (Å²) in [5, 5.41) is 0. The summed E-state index contributed by atoms with van der Waals surface area (Å²) in [6, 6.07) is 6.23. The second-order valence-corrected chi connectivity index (χ2v) is 4.40. The topological polar surface area (TPSA) is 30.2 Å². The first kappa shape index (κ1) is 12.0. The molecule has 2 rings (SSSR count). The average Bonchev–Trinajstić information content (AvgIpc) is 2.80. The van der Waals surface area contributed by atoms with E-state index in [0.717, 1.165) is 0 Å². The predicted octanol–water partition coefficient (Wildman–Crippen LogP) is 3.97. The van der Waals surface area contributed by atoms with Crippen LogP contribution >= 0.6 is 15.9 Å². The van der Waals surface area contributed by atoms with Crippen LogP contribution in [0.4, 0.5) is 4.39 Å². The van der Waals surface area contributed by atoms with E-state index in [1.807, 2.05) is 6.92 Å². The number of carbonyl (C=O) groups is 1. The van der Waals surface area contributed by atoms with Gasteiger partial charge in [-0.05, 0) is 34.1 Å². The molecule has 0 saturated carbocycles. The molecule has 0 atom stereocenters. The molecule has 17 heavy (non-hydrogen) atoms. The number of halogens is 2. The van der Waals surface area contributed by atoms with Crippen molar-refractivity contribution in [1.82, 2.24) is 0 Å². The van der Waals surface area contributed by atoms with Crippen LogP contribution in [0.15, 0.2) is 39.4 Å². The number of benzene rings is 1. The van der Waals surface area contributed by atoms with E-state index < -0.39 is 5.82 Å². The zero-order valence-electron chi connectivity index (χ0n) is 9.17. The van der Waals surface area contributed by atoms with Crippen molar-refractivity contribution in [2.75, 3.05) is 0 Å². The van der Waals surface area contributed by atoms with E-state index in [9.17, 15) is 9.18 Å². The molecule has 0 aliphatic heterocycles. The van der Waals surface area contributed by atoms with Gasteiger partial charge in [-0.1, -0.05) is 13.0 Å². The van der Waals surface area contributed by atoms with Gasteiger partial charge in [0.2, 0.25) is 0 Å². The normalized spacial score (nSPS) is 10.5. The Morgan fingerprint density at radius 1 is 1.35 bits per heavy atom. The van der Waals surface area contributed by atoms with Crippen LogP contribution < -0.4 is 0 Å². The van der Waals surface area contributed by atoms with Crippen molar-refractivity contribution in [1.29, 1.82) is 0 Å². The van der Waals surface area contributed by atoms with E-state index in [4.69, 9.17) is 4.42 Å². The largest absolute Gasteiger partial charge is 0.469 e. The van der Waals surface area contributed by atoms with E-state index in [1.54, 1.807) is 18.2 Å². The molecule has 0 amide bonds. The van der Waals surface area contributed by atoms with Gasteiger partial charge < -0.3 is 4.42 Å². The molecule has 0 aliphatic rings. The predicted molar refractivity (Wildman–Crippen MR) is 65.6 cm³/mol. The Balaban J connectivity index is 2.48. The molecule has 2 nitrogen and oxygen atoms in total. The minimum absolute atomic E-state index is 0.0514. The number of ketones is 1. The fourth-order valence-corrected chi connectivity index (χ4v) is 2.01. The van der Waals surface area contributed by atoms with Crippen LogP contribution in [0.1, 0.15) is 28.6 Å². The fraction of sp³-hybridized carbons (Fsp3) is 0.154. The summed E-state index contributed by atoms with van der Waals surface area (Å²) < 4.78 is 19.2. The van der Waals surface area contributed by atoms with Gasteiger partial charge in [0.1, 0.15) is 11.6 Å². The SMILES string of the molecule is CCc1occc1C(=O)c1cccc(Br)c1F. The van der Waals surface area contributed by atoms with Crippen molar-refractivity contribution in [2.45, 2.75) is 13.3 Å². The van der Waals surface area contributed by atoms with Gasteiger partial charge in [-0.3, -0.25) is 4.79 Å². The summed E-state index contributed by atoms with van der Waals surface area (Å²) in [5.74, 6) is -0.315. The highest BCUT2D eigenvalue weighted by molar-refractivity contribution is 9.10. The van der Waals surface area contributed by atoms with Crippen LogP contribution in [0.5, 0.6) is 0 Å². The molecule has 2 aromatic rings. The maximum Gasteiger partial charge on any atom is 0.199 e. The Hall–Kier alpha value is -1.42. The van der Waals surface area contributed by atoms with Gasteiger partial charge in [-0.15, -0.1) is 0 Å². The molecule has 0 aliphatic carbocycles. The van der Waals surface area contributed by atoms with Crippen LogP contribution in [0.3, 0.4) is 0 Å². The first-order valence-electron chi connectivity index (χ1n) is 5.20. The minimum Gasteiger partial charge on any atom is -0.469 e. The number of hydrogen-bond acceptors (Lipinski definition) is 2. The maximum absolute atomic E-state index is 13.8. The zero-order valence-corrected chi connectivity index (χ0v) is 10.8. The van der Waals surface area contributed by atoms with Crippen LogP contribution in [0, 0.1) is 5.82 Å². The van der Waals surface area contributed by atoms with Gasteiger partial charge in [-0.25, -0.2) is 4.39 Å². The molecular formula is C13H10BrFO2. The van der Waals surface area contributed by atoms with Crippen molar-refractivity contribution in [3.8, 4) is 0 Å². The lowest BCUT2D eigenvalue weighted by atomic mass is 10.0. The van der Waals surface area contributed by atoms with Crippen LogP contribution in [0.25, 0.3) is 0 Å². The van der Waals surface area contributed by atoms with E-state index >= 15 is 0 Å². The zero-order chi connectivity index (χ0) is 12.4. The van der Waals surface area contributed by atoms with E-state index in [1.165, 1.54) is 12.3 Å². The standard InChI is InChI=1S/C13H10BrFO2/c1-2-11-8(6-7-17-11)13(16)9-4-3-5-10(14)12(9)15/h3-7H,2H2,1H3. The Bertz CT molecular complexity index is 560. The number of carbonyl (C=O) groups excluding carboxylic acids is 1. The molecule has 0 unspecified atom stereocenters. The highest BCUT2D eigenvalue weighted by Gasteiger charge is 2.19. The quantitative estimate of drug-likeness (QED) is 0.802. The highest BCUT2D eigenvalue weighted by Crippen LogP contribution is 2.23. The Morgan fingerprint density at radius 2 is 2.12 bits per heavy atom. The van der Waals surface area contributed by atoms with Gasteiger partial charge in [0.05, 0.1) is 21.9 Å². The average molecular weight is 297 g/mol. The molecule has 88 valence electrons. The molecule has 4 heteroatoms. The highest BCUT2D eigenvalue weighted by atomic mass is 79.9. The second kappa shape index (κ2) is 4.84. The van der Waals surface area contributed by atoms with Gasteiger partial charge in [0, 0.05) is 6.42 Å². The summed E-state index contributed by atoms with van der Waals surface area (Å²) in [7, 11) is 0. The van der Waals surface area contributed by atoms with E-state index in [-0.39, 0.29) is 15.8 Å². The second-order valence-electron chi connectivity index (χ2n) is 3.54. The van der Waals surface area contributed by atoms with E-state index in [0.29, 0.717) is 17.7 Å². The van der Waals surface area contributed by atoms with Crippen LogP contribution in [-0.2, 0) is 6.42 Å². The molecule has 0 fully saturated rings. The van der Waals surface area contributed by atoms with Crippen LogP contribution in [0.2, 0.25) is 0 Å². The molecule has 0 radical (unpaired) electrons. The van der Waals surface area contributed by atoms with Gasteiger partial charge in [0.25, 0.3) is 0 Å². The molecule has 0 saturated heterocycles. The summed E-state index contributed by atoms with van der Waals surface area (Å²) >= 11 is 3.06. The van der Waals surface area contributed by atoms with Crippen molar-refractivity contribution >= 4 is 21.7 Å². The molecular weight excluding hydrogens is 287 g/mol. The van der Waals surface area contributed by atoms with Gasteiger partial charge >= 0.3 is 0 Å². The smallest absolute Gasteiger partial charge is 0.199 e. The molecule has 0 N–H and O–H groups in total.